The van der Waals surface area contributed by atoms with E-state index in [1.165, 1.54) is 17.8 Å². The second-order valence-corrected chi connectivity index (χ2v) is 7.40. The normalized spacial score (nSPS) is 26.5. The molecule has 154 valence electrons. The summed E-state index contributed by atoms with van der Waals surface area (Å²) in [6.45, 7) is 0.854. The summed E-state index contributed by atoms with van der Waals surface area (Å²) in [5.41, 5.74) is 5.89. The molecule has 0 saturated carbocycles. The molecule has 1 saturated heterocycles. The lowest BCUT2D eigenvalue weighted by Crippen LogP contribution is -2.33. The SMILES string of the molecule is C[C@H](N)C(=O)Nc1ncnc2c1ncn2[C@@H]1O[C@H](COP(=O)(O)O)[C@@H](O)[C@H]1O. The van der Waals surface area contributed by atoms with Crippen molar-refractivity contribution in [3.8, 4) is 0 Å². The van der Waals surface area contributed by atoms with E-state index < -0.39 is 50.9 Å². The van der Waals surface area contributed by atoms with Gasteiger partial charge in [-0.15, -0.1) is 0 Å². The number of nitrogens with zero attached hydrogens (tertiary/aromatic N) is 4. The fourth-order valence-corrected chi connectivity index (χ4v) is 2.97. The van der Waals surface area contributed by atoms with E-state index in [4.69, 9.17) is 20.3 Å². The van der Waals surface area contributed by atoms with Crippen LogP contribution in [0.1, 0.15) is 13.2 Å². The fraction of sp³-hybridized carbons (Fsp3) is 0.538. The lowest BCUT2D eigenvalue weighted by atomic mass is 10.1. The number of hydrogen-bond acceptors (Lipinski definition) is 10. The number of amides is 1. The molecular formula is C13H19N6O8P. The van der Waals surface area contributed by atoms with Crippen LogP contribution in [0.4, 0.5) is 5.82 Å². The van der Waals surface area contributed by atoms with E-state index in [0.717, 1.165) is 6.33 Å². The van der Waals surface area contributed by atoms with E-state index in [1.54, 1.807) is 0 Å². The maximum Gasteiger partial charge on any atom is 0.469 e. The topological polar surface area (TPSA) is 215 Å². The van der Waals surface area contributed by atoms with Crippen LogP contribution in [-0.4, -0.2) is 76.4 Å². The number of nitrogens with two attached hydrogens (primary N) is 1. The van der Waals surface area contributed by atoms with Gasteiger partial charge in [-0.2, -0.15) is 0 Å². The van der Waals surface area contributed by atoms with E-state index >= 15 is 0 Å². The number of nitrogens with one attached hydrogen (secondary N) is 1. The molecular weight excluding hydrogens is 399 g/mol. The second-order valence-electron chi connectivity index (χ2n) is 6.16. The Morgan fingerprint density at radius 1 is 1.39 bits per heavy atom. The van der Waals surface area contributed by atoms with Crippen molar-refractivity contribution >= 4 is 30.7 Å². The van der Waals surface area contributed by atoms with Crippen LogP contribution in [0.3, 0.4) is 0 Å². The highest BCUT2D eigenvalue weighted by Crippen LogP contribution is 2.38. The molecule has 1 amide bonds. The van der Waals surface area contributed by atoms with E-state index in [9.17, 15) is 19.6 Å². The molecule has 15 heteroatoms. The molecule has 0 aliphatic carbocycles. The molecule has 0 bridgehead atoms. The molecule has 1 aliphatic rings. The zero-order valence-electron chi connectivity index (χ0n) is 14.5. The van der Waals surface area contributed by atoms with Crippen molar-refractivity contribution in [2.24, 2.45) is 5.73 Å². The van der Waals surface area contributed by atoms with Gasteiger partial charge in [0.2, 0.25) is 5.91 Å². The minimum Gasteiger partial charge on any atom is -0.387 e. The zero-order valence-corrected chi connectivity index (χ0v) is 15.4. The van der Waals surface area contributed by atoms with Gasteiger partial charge in [0.15, 0.2) is 23.2 Å². The highest BCUT2D eigenvalue weighted by atomic mass is 31.2. The largest absolute Gasteiger partial charge is 0.469 e. The fourth-order valence-electron chi connectivity index (χ4n) is 2.63. The number of aliphatic hydroxyl groups excluding tert-OH is 2. The Labute approximate surface area is 157 Å². The van der Waals surface area contributed by atoms with E-state index in [1.807, 2.05) is 0 Å². The van der Waals surface area contributed by atoms with Gasteiger partial charge in [0.1, 0.15) is 24.6 Å². The molecule has 2 aromatic rings. The zero-order chi connectivity index (χ0) is 20.6. The van der Waals surface area contributed by atoms with Gasteiger partial charge in [0, 0.05) is 0 Å². The Balaban J connectivity index is 1.85. The predicted molar refractivity (Wildman–Crippen MR) is 91.5 cm³/mol. The number of phosphoric acid groups is 1. The van der Waals surface area contributed by atoms with Crippen LogP contribution in [0.25, 0.3) is 11.2 Å². The van der Waals surface area contributed by atoms with Crippen LogP contribution in [0.5, 0.6) is 0 Å². The van der Waals surface area contributed by atoms with Crippen molar-refractivity contribution in [3.63, 3.8) is 0 Å². The smallest absolute Gasteiger partial charge is 0.387 e. The lowest BCUT2D eigenvalue weighted by Gasteiger charge is -2.16. The number of hydrogen-bond donors (Lipinski definition) is 6. The number of carbonyl (C=O) groups excluding carboxylic acids is 1. The number of fused-ring (bicyclic) bond motifs is 1. The Bertz CT molecular complexity index is 916. The molecule has 5 atom stereocenters. The summed E-state index contributed by atoms with van der Waals surface area (Å²) < 4.78 is 21.9. The summed E-state index contributed by atoms with van der Waals surface area (Å²) in [5.74, 6) is -0.391. The van der Waals surface area contributed by atoms with Crippen molar-refractivity contribution < 1.29 is 38.6 Å². The summed E-state index contributed by atoms with van der Waals surface area (Å²) in [4.78, 5) is 41.4. The number of rotatable bonds is 6. The van der Waals surface area contributed by atoms with Crippen molar-refractivity contribution in [2.45, 2.75) is 37.5 Å². The van der Waals surface area contributed by atoms with Gasteiger partial charge in [-0.05, 0) is 6.92 Å². The van der Waals surface area contributed by atoms with Crippen molar-refractivity contribution in [3.05, 3.63) is 12.7 Å². The van der Waals surface area contributed by atoms with Crippen LogP contribution in [0.15, 0.2) is 12.7 Å². The van der Waals surface area contributed by atoms with Crippen molar-refractivity contribution in [1.82, 2.24) is 19.5 Å². The molecule has 1 fully saturated rings. The highest BCUT2D eigenvalue weighted by Gasteiger charge is 2.45. The highest BCUT2D eigenvalue weighted by molar-refractivity contribution is 7.46. The predicted octanol–water partition coefficient (Wildman–Crippen LogP) is -2.16. The molecule has 7 N–H and O–H groups in total. The minimum absolute atomic E-state index is 0.0977. The number of phosphoric ester groups is 1. The monoisotopic (exact) mass is 418 g/mol. The Morgan fingerprint density at radius 3 is 2.75 bits per heavy atom. The lowest BCUT2D eigenvalue weighted by molar-refractivity contribution is -0.117. The summed E-state index contributed by atoms with van der Waals surface area (Å²) in [7, 11) is -4.77. The summed E-state index contributed by atoms with van der Waals surface area (Å²) in [6, 6.07) is -0.781. The number of imidazole rings is 1. The van der Waals surface area contributed by atoms with Crippen LogP contribution in [-0.2, 0) is 18.6 Å². The summed E-state index contributed by atoms with van der Waals surface area (Å²) >= 11 is 0. The van der Waals surface area contributed by atoms with Crippen LogP contribution >= 0.6 is 7.82 Å². The molecule has 0 aromatic carbocycles. The number of aromatic nitrogens is 4. The van der Waals surface area contributed by atoms with Gasteiger partial charge in [0.05, 0.1) is 19.0 Å². The third kappa shape index (κ3) is 4.19. The maximum absolute atomic E-state index is 11.8. The average Bonchev–Trinajstić information content (AvgIpc) is 3.15. The van der Waals surface area contributed by atoms with Gasteiger partial charge in [-0.3, -0.25) is 13.9 Å². The molecule has 0 radical (unpaired) electrons. The molecule has 1 aliphatic heterocycles. The Morgan fingerprint density at radius 2 is 2.11 bits per heavy atom. The Kier molecular flexibility index (Phi) is 5.74. The first-order chi connectivity index (χ1) is 13.1. The number of aliphatic hydroxyl groups is 2. The summed E-state index contributed by atoms with van der Waals surface area (Å²) in [6.07, 6.45) is -2.90. The molecule has 3 rings (SSSR count). The second kappa shape index (κ2) is 7.77. The molecule has 2 aromatic heterocycles. The van der Waals surface area contributed by atoms with Crippen molar-refractivity contribution in [2.75, 3.05) is 11.9 Å². The average molecular weight is 418 g/mol. The van der Waals surface area contributed by atoms with Gasteiger partial charge < -0.3 is 35.8 Å². The van der Waals surface area contributed by atoms with Gasteiger partial charge in [0.25, 0.3) is 0 Å². The molecule has 0 spiro atoms. The summed E-state index contributed by atoms with van der Waals surface area (Å²) in [5, 5.41) is 22.9. The quantitative estimate of drug-likeness (QED) is 0.277. The van der Waals surface area contributed by atoms with Crippen LogP contribution in [0.2, 0.25) is 0 Å². The minimum atomic E-state index is -4.77. The molecule has 28 heavy (non-hydrogen) atoms. The van der Waals surface area contributed by atoms with Crippen LogP contribution < -0.4 is 11.1 Å². The van der Waals surface area contributed by atoms with Crippen molar-refractivity contribution in [1.29, 1.82) is 0 Å². The van der Waals surface area contributed by atoms with E-state index in [0.29, 0.717) is 0 Å². The van der Waals surface area contributed by atoms with Gasteiger partial charge in [-0.25, -0.2) is 19.5 Å². The molecule has 3 heterocycles. The number of carbonyl (C=O) groups is 1. The standard InChI is InChI=1S/C13H19N6O8P/c1-5(14)12(22)18-10-7-11(16-3-15-10)19(4-17-7)13-9(21)8(20)6(27-13)2-26-28(23,24)25/h3-6,8-9,13,20-21H,2,14H2,1H3,(H2,23,24,25)(H,15,16,18,22)/t5-,6+,8+,9+,13+/m0/s1. The molecule has 0 unspecified atom stereocenters. The first-order valence-corrected chi connectivity index (χ1v) is 9.57. The van der Waals surface area contributed by atoms with Crippen LogP contribution in [0, 0.1) is 0 Å². The third-order valence-electron chi connectivity index (χ3n) is 4.03. The number of anilines is 1. The first-order valence-electron chi connectivity index (χ1n) is 8.04. The Hall–Kier alpha value is -2.03. The van der Waals surface area contributed by atoms with Gasteiger partial charge >= 0.3 is 7.82 Å². The molecule has 14 nitrogen and oxygen atoms in total. The number of ether oxygens (including phenoxy) is 1. The van der Waals surface area contributed by atoms with E-state index in [2.05, 4.69) is 24.8 Å². The van der Waals surface area contributed by atoms with Gasteiger partial charge in [-0.1, -0.05) is 0 Å². The third-order valence-corrected chi connectivity index (χ3v) is 4.52. The first kappa shape index (κ1) is 20.7. The maximum atomic E-state index is 11.8. The van der Waals surface area contributed by atoms with E-state index in [-0.39, 0.29) is 17.0 Å².